The molecule has 0 fully saturated rings. The molecule has 0 unspecified atom stereocenters. The van der Waals surface area contributed by atoms with Crippen LogP contribution in [0.25, 0.3) is 6.08 Å². The number of amides is 1. The van der Waals surface area contributed by atoms with Crippen LogP contribution in [0.4, 0.5) is 5.69 Å². The van der Waals surface area contributed by atoms with Crippen molar-refractivity contribution in [2.24, 2.45) is 5.10 Å². The van der Waals surface area contributed by atoms with Crippen LogP contribution in [0.3, 0.4) is 0 Å². The standard InChI is InChI=1S/C18H19N3O/c1-21(2)17-12-10-16(11-13-17)18(22)20-19-14-6-9-15-7-4-3-5-8-15/h3-14H,1-2H3,(H,20,22). The van der Waals surface area contributed by atoms with Crippen LogP contribution in [-0.4, -0.2) is 26.2 Å². The predicted molar refractivity (Wildman–Crippen MR) is 92.2 cm³/mol. The summed E-state index contributed by atoms with van der Waals surface area (Å²) in [6.45, 7) is 0. The van der Waals surface area contributed by atoms with Gasteiger partial charge >= 0.3 is 0 Å². The summed E-state index contributed by atoms with van der Waals surface area (Å²) in [7, 11) is 3.91. The highest BCUT2D eigenvalue weighted by atomic mass is 16.2. The first-order chi connectivity index (χ1) is 10.7. The molecule has 0 aliphatic carbocycles. The minimum Gasteiger partial charge on any atom is -0.378 e. The number of hydrogen-bond donors (Lipinski definition) is 1. The van der Waals surface area contributed by atoms with Crippen molar-refractivity contribution < 1.29 is 4.79 Å². The third-order valence-electron chi connectivity index (χ3n) is 3.06. The summed E-state index contributed by atoms with van der Waals surface area (Å²) >= 11 is 0. The van der Waals surface area contributed by atoms with Crippen LogP contribution in [0.2, 0.25) is 0 Å². The van der Waals surface area contributed by atoms with Gasteiger partial charge in [-0.05, 0) is 35.9 Å². The van der Waals surface area contributed by atoms with Gasteiger partial charge in [-0.3, -0.25) is 4.79 Å². The van der Waals surface area contributed by atoms with Crippen molar-refractivity contribution in [3.63, 3.8) is 0 Å². The molecule has 112 valence electrons. The summed E-state index contributed by atoms with van der Waals surface area (Å²) in [6, 6.07) is 17.2. The molecule has 1 amide bonds. The van der Waals surface area contributed by atoms with E-state index in [-0.39, 0.29) is 5.91 Å². The van der Waals surface area contributed by atoms with Gasteiger partial charge in [-0.25, -0.2) is 5.43 Å². The zero-order chi connectivity index (χ0) is 15.8. The number of carbonyl (C=O) groups excluding carboxylic acids is 1. The van der Waals surface area contributed by atoms with Crippen molar-refractivity contribution in [3.05, 3.63) is 71.8 Å². The Hall–Kier alpha value is -2.88. The molecule has 1 N–H and O–H groups in total. The third-order valence-corrected chi connectivity index (χ3v) is 3.06. The smallest absolute Gasteiger partial charge is 0.271 e. The molecule has 0 radical (unpaired) electrons. The second kappa shape index (κ2) is 7.78. The topological polar surface area (TPSA) is 44.7 Å². The average molecular weight is 293 g/mol. The van der Waals surface area contributed by atoms with Gasteiger partial charge in [0.1, 0.15) is 0 Å². The maximum atomic E-state index is 11.9. The van der Waals surface area contributed by atoms with E-state index in [2.05, 4.69) is 10.5 Å². The van der Waals surface area contributed by atoms with Crippen molar-refractivity contribution in [1.29, 1.82) is 0 Å². The molecule has 0 aliphatic heterocycles. The predicted octanol–water partition coefficient (Wildman–Crippen LogP) is 3.18. The number of anilines is 1. The minimum absolute atomic E-state index is 0.227. The van der Waals surface area contributed by atoms with Crippen LogP contribution in [-0.2, 0) is 0 Å². The van der Waals surface area contributed by atoms with Crippen LogP contribution in [0, 0.1) is 0 Å². The van der Waals surface area contributed by atoms with Crippen LogP contribution in [0.1, 0.15) is 15.9 Å². The van der Waals surface area contributed by atoms with Crippen LogP contribution < -0.4 is 10.3 Å². The van der Waals surface area contributed by atoms with E-state index in [9.17, 15) is 4.79 Å². The van der Waals surface area contributed by atoms with Gasteiger partial charge in [0.25, 0.3) is 5.91 Å². The zero-order valence-corrected chi connectivity index (χ0v) is 12.7. The Labute approximate surface area is 130 Å². The highest BCUT2D eigenvalue weighted by Crippen LogP contribution is 2.11. The summed E-state index contributed by atoms with van der Waals surface area (Å²) in [6.07, 6.45) is 5.26. The van der Waals surface area contributed by atoms with Gasteiger partial charge in [-0.1, -0.05) is 36.4 Å². The Kier molecular flexibility index (Phi) is 5.49. The van der Waals surface area contributed by atoms with E-state index in [1.807, 2.05) is 67.5 Å². The van der Waals surface area contributed by atoms with Crippen molar-refractivity contribution in [2.45, 2.75) is 0 Å². The maximum absolute atomic E-state index is 11.9. The molecule has 2 rings (SSSR count). The number of nitrogens with zero attached hydrogens (tertiary/aromatic N) is 2. The summed E-state index contributed by atoms with van der Waals surface area (Å²) < 4.78 is 0. The molecule has 0 aromatic heterocycles. The quantitative estimate of drug-likeness (QED) is 0.679. The Balaban J connectivity index is 1.87. The van der Waals surface area contributed by atoms with Gasteiger partial charge in [0, 0.05) is 31.6 Å². The number of hydrazone groups is 1. The Bertz CT molecular complexity index is 658. The fraction of sp³-hybridized carbons (Fsp3) is 0.111. The number of allylic oxidation sites excluding steroid dienone is 1. The molecule has 2 aromatic carbocycles. The van der Waals surface area contributed by atoms with E-state index >= 15 is 0 Å². The molecule has 4 nitrogen and oxygen atoms in total. The van der Waals surface area contributed by atoms with Gasteiger partial charge in [0.2, 0.25) is 0 Å². The maximum Gasteiger partial charge on any atom is 0.271 e. The second-order valence-corrected chi connectivity index (χ2v) is 4.93. The highest BCUT2D eigenvalue weighted by Gasteiger charge is 2.03. The molecule has 0 aliphatic rings. The highest BCUT2D eigenvalue weighted by molar-refractivity contribution is 5.95. The van der Waals surface area contributed by atoms with Gasteiger partial charge in [0.05, 0.1) is 0 Å². The zero-order valence-electron chi connectivity index (χ0n) is 12.7. The van der Waals surface area contributed by atoms with Gasteiger partial charge in [0.15, 0.2) is 0 Å². The van der Waals surface area contributed by atoms with Crippen LogP contribution >= 0.6 is 0 Å². The van der Waals surface area contributed by atoms with Crippen molar-refractivity contribution in [2.75, 3.05) is 19.0 Å². The Morgan fingerprint density at radius 3 is 2.36 bits per heavy atom. The van der Waals surface area contributed by atoms with Crippen molar-refractivity contribution in [3.8, 4) is 0 Å². The molecule has 0 bridgehead atoms. The number of carbonyl (C=O) groups is 1. The Morgan fingerprint density at radius 1 is 1.05 bits per heavy atom. The molecule has 0 saturated heterocycles. The van der Waals surface area contributed by atoms with E-state index in [0.29, 0.717) is 5.56 Å². The molecule has 22 heavy (non-hydrogen) atoms. The lowest BCUT2D eigenvalue weighted by atomic mass is 10.2. The van der Waals surface area contributed by atoms with E-state index in [1.165, 1.54) is 0 Å². The average Bonchev–Trinajstić information content (AvgIpc) is 2.55. The molecule has 0 atom stereocenters. The van der Waals surface area contributed by atoms with Gasteiger partial charge in [-0.2, -0.15) is 5.10 Å². The summed E-state index contributed by atoms with van der Waals surface area (Å²) in [4.78, 5) is 13.9. The molecule has 0 saturated carbocycles. The van der Waals surface area contributed by atoms with E-state index in [4.69, 9.17) is 0 Å². The Morgan fingerprint density at radius 2 is 1.73 bits per heavy atom. The van der Waals surface area contributed by atoms with Crippen molar-refractivity contribution in [1.82, 2.24) is 5.43 Å². The third kappa shape index (κ3) is 4.59. The summed E-state index contributed by atoms with van der Waals surface area (Å²) in [5.74, 6) is -0.227. The van der Waals surface area contributed by atoms with Crippen LogP contribution in [0.5, 0.6) is 0 Å². The van der Waals surface area contributed by atoms with E-state index in [1.54, 1.807) is 24.4 Å². The molecular weight excluding hydrogens is 274 g/mol. The van der Waals surface area contributed by atoms with Gasteiger partial charge < -0.3 is 4.90 Å². The molecule has 4 heteroatoms. The lowest BCUT2D eigenvalue weighted by Crippen LogP contribution is -2.17. The number of nitrogens with one attached hydrogen (secondary N) is 1. The molecule has 0 heterocycles. The number of rotatable bonds is 5. The SMILES string of the molecule is CN(C)c1ccc(C(=O)NN=CC=Cc2ccccc2)cc1. The summed E-state index contributed by atoms with van der Waals surface area (Å²) in [5, 5.41) is 3.90. The fourth-order valence-electron chi connectivity index (χ4n) is 1.83. The van der Waals surface area contributed by atoms with Crippen molar-refractivity contribution >= 4 is 23.9 Å². The number of hydrogen-bond acceptors (Lipinski definition) is 3. The normalized spacial score (nSPS) is 11.0. The van der Waals surface area contributed by atoms with Crippen LogP contribution in [0.15, 0.2) is 65.8 Å². The summed E-state index contributed by atoms with van der Waals surface area (Å²) in [5.41, 5.74) is 5.21. The molecule has 2 aromatic rings. The lowest BCUT2D eigenvalue weighted by molar-refractivity contribution is 0.0955. The first kappa shape index (κ1) is 15.5. The fourth-order valence-corrected chi connectivity index (χ4v) is 1.83. The molecular formula is C18H19N3O. The van der Waals surface area contributed by atoms with E-state index in [0.717, 1.165) is 11.3 Å². The first-order valence-electron chi connectivity index (χ1n) is 6.99. The lowest BCUT2D eigenvalue weighted by Gasteiger charge is -2.12. The minimum atomic E-state index is -0.227. The van der Waals surface area contributed by atoms with Gasteiger partial charge in [-0.15, -0.1) is 0 Å². The number of benzene rings is 2. The second-order valence-electron chi connectivity index (χ2n) is 4.93. The molecule has 0 spiro atoms. The first-order valence-corrected chi connectivity index (χ1v) is 6.99. The largest absolute Gasteiger partial charge is 0.378 e. The van der Waals surface area contributed by atoms with E-state index < -0.39 is 0 Å². The monoisotopic (exact) mass is 293 g/mol.